The van der Waals surface area contributed by atoms with Crippen LogP contribution in [0.3, 0.4) is 0 Å². The predicted octanol–water partition coefficient (Wildman–Crippen LogP) is 0.406. The fraction of sp³-hybridized carbons (Fsp3) is 0.143. The number of carbonyl (C=O) groups excluding carboxylic acids is 1. The molecule has 0 spiro atoms. The third kappa shape index (κ3) is 1.70. The van der Waals surface area contributed by atoms with Crippen LogP contribution in [0.4, 0.5) is 14.5 Å². The molecule has 1 aromatic heterocycles. The van der Waals surface area contributed by atoms with Crippen LogP contribution < -0.4 is 11.5 Å². The highest BCUT2D eigenvalue weighted by Crippen LogP contribution is 2.28. The summed E-state index contributed by atoms with van der Waals surface area (Å²) < 4.78 is 24.4. The molecular weight excluding hydrogens is 196 g/mol. The predicted molar refractivity (Wildman–Crippen MR) is 43.8 cm³/mol. The first-order chi connectivity index (χ1) is 6.43. The monoisotopic (exact) mass is 203 g/mol. The van der Waals surface area contributed by atoms with Crippen molar-refractivity contribution in [3.05, 3.63) is 17.5 Å². The number of aromatic hydroxyl groups is 1. The van der Waals surface area contributed by atoms with Gasteiger partial charge in [0, 0.05) is 6.07 Å². The summed E-state index contributed by atoms with van der Waals surface area (Å²) in [7, 11) is 0. The molecule has 0 atom stereocenters. The summed E-state index contributed by atoms with van der Waals surface area (Å²) in [5.41, 5.74) is 8.43. The Bertz CT molecular complexity index is 381. The van der Waals surface area contributed by atoms with Crippen molar-refractivity contribution in [1.29, 1.82) is 0 Å². The lowest BCUT2D eigenvalue weighted by atomic mass is 10.2. The van der Waals surface area contributed by atoms with E-state index >= 15 is 0 Å². The molecule has 5 nitrogen and oxygen atoms in total. The molecule has 0 aliphatic rings. The van der Waals surface area contributed by atoms with Crippen LogP contribution in [0.15, 0.2) is 6.07 Å². The Kier molecular flexibility index (Phi) is 2.50. The number of halogens is 2. The van der Waals surface area contributed by atoms with Crippen LogP contribution in [0.25, 0.3) is 0 Å². The molecule has 0 radical (unpaired) electrons. The summed E-state index contributed by atoms with van der Waals surface area (Å²) in [6.45, 7) is 0. The van der Waals surface area contributed by atoms with E-state index in [0.29, 0.717) is 0 Å². The summed E-state index contributed by atoms with van der Waals surface area (Å²) in [5.74, 6) is -1.79. The molecule has 0 aliphatic heterocycles. The number of nitrogen functional groups attached to an aromatic ring is 1. The Balaban J connectivity index is 3.34. The first-order valence-corrected chi connectivity index (χ1v) is 3.50. The van der Waals surface area contributed by atoms with Gasteiger partial charge >= 0.3 is 0 Å². The molecule has 0 saturated carbocycles. The maximum absolute atomic E-state index is 12.2. The molecule has 14 heavy (non-hydrogen) atoms. The maximum Gasteiger partial charge on any atom is 0.284 e. The van der Waals surface area contributed by atoms with Crippen molar-refractivity contribution in [3.63, 3.8) is 0 Å². The standard InChI is InChI=1S/C7H7F2N3O2/c8-6(9)5-3(13)1-2(10)4(12-5)7(11)14/h1,6,13H,10H2,(H2,11,14). The number of nitrogens with two attached hydrogens (primary N) is 2. The zero-order valence-electron chi connectivity index (χ0n) is 6.87. The number of aromatic nitrogens is 1. The largest absolute Gasteiger partial charge is 0.506 e. The fourth-order valence-corrected chi connectivity index (χ4v) is 0.890. The quantitative estimate of drug-likeness (QED) is 0.647. The second-order valence-electron chi connectivity index (χ2n) is 2.50. The van der Waals surface area contributed by atoms with Crippen LogP contribution in [0, 0.1) is 0 Å². The van der Waals surface area contributed by atoms with Gasteiger partial charge in [-0.3, -0.25) is 4.79 Å². The normalized spacial score (nSPS) is 10.5. The molecule has 0 saturated heterocycles. The van der Waals surface area contributed by atoms with E-state index in [-0.39, 0.29) is 5.69 Å². The van der Waals surface area contributed by atoms with Gasteiger partial charge in [0.05, 0.1) is 5.69 Å². The van der Waals surface area contributed by atoms with Crippen LogP contribution in [0.1, 0.15) is 22.6 Å². The minimum absolute atomic E-state index is 0.237. The van der Waals surface area contributed by atoms with E-state index in [1.165, 1.54) is 0 Å². The van der Waals surface area contributed by atoms with Gasteiger partial charge in [-0.05, 0) is 0 Å². The number of primary amides is 1. The highest BCUT2D eigenvalue weighted by atomic mass is 19.3. The summed E-state index contributed by atoms with van der Waals surface area (Å²) in [6, 6.07) is 0.814. The van der Waals surface area contributed by atoms with E-state index in [2.05, 4.69) is 4.98 Å². The molecule has 76 valence electrons. The average Bonchev–Trinajstić information content (AvgIpc) is 2.02. The number of hydrogen-bond acceptors (Lipinski definition) is 4. The molecule has 0 fully saturated rings. The van der Waals surface area contributed by atoms with Gasteiger partial charge in [0.25, 0.3) is 12.3 Å². The van der Waals surface area contributed by atoms with Gasteiger partial charge in [-0.25, -0.2) is 13.8 Å². The molecule has 1 amide bonds. The van der Waals surface area contributed by atoms with Gasteiger partial charge in [-0.2, -0.15) is 0 Å². The zero-order valence-corrected chi connectivity index (χ0v) is 6.87. The van der Waals surface area contributed by atoms with Crippen molar-refractivity contribution in [2.45, 2.75) is 6.43 Å². The first kappa shape index (κ1) is 10.2. The van der Waals surface area contributed by atoms with E-state index in [1.54, 1.807) is 0 Å². The van der Waals surface area contributed by atoms with Crippen LogP contribution in [0.2, 0.25) is 0 Å². The Morgan fingerprint density at radius 3 is 2.57 bits per heavy atom. The summed E-state index contributed by atoms with van der Waals surface area (Å²) in [4.78, 5) is 13.8. The SMILES string of the molecule is NC(=O)c1nc(C(F)F)c(O)cc1N. The van der Waals surface area contributed by atoms with Crippen molar-refractivity contribution >= 4 is 11.6 Å². The second kappa shape index (κ2) is 3.44. The molecule has 1 aromatic rings. The Hall–Kier alpha value is -1.92. The third-order valence-electron chi connectivity index (χ3n) is 1.50. The second-order valence-corrected chi connectivity index (χ2v) is 2.50. The van der Waals surface area contributed by atoms with E-state index in [1.807, 2.05) is 0 Å². The number of amides is 1. The number of pyridine rings is 1. The molecule has 1 heterocycles. The summed E-state index contributed by atoms with van der Waals surface area (Å²) >= 11 is 0. The van der Waals surface area contributed by atoms with Gasteiger partial charge in [0.2, 0.25) is 0 Å². The summed E-state index contributed by atoms with van der Waals surface area (Å²) in [6.07, 6.45) is -2.99. The average molecular weight is 203 g/mol. The maximum atomic E-state index is 12.2. The number of rotatable bonds is 2. The highest BCUT2D eigenvalue weighted by Gasteiger charge is 2.19. The lowest BCUT2D eigenvalue weighted by Crippen LogP contribution is -2.16. The number of nitrogens with zero attached hydrogens (tertiary/aromatic N) is 1. The fourth-order valence-electron chi connectivity index (χ4n) is 0.890. The number of alkyl halides is 2. The smallest absolute Gasteiger partial charge is 0.284 e. The topological polar surface area (TPSA) is 102 Å². The van der Waals surface area contributed by atoms with E-state index < -0.39 is 29.5 Å². The Morgan fingerprint density at radius 1 is 1.57 bits per heavy atom. The minimum atomic E-state index is -2.99. The van der Waals surface area contributed by atoms with E-state index in [0.717, 1.165) is 6.07 Å². The Morgan fingerprint density at radius 2 is 2.14 bits per heavy atom. The van der Waals surface area contributed by atoms with Gasteiger partial charge in [0.1, 0.15) is 11.4 Å². The van der Waals surface area contributed by atoms with Crippen LogP contribution in [-0.4, -0.2) is 16.0 Å². The van der Waals surface area contributed by atoms with Crippen LogP contribution in [0.5, 0.6) is 5.75 Å². The van der Waals surface area contributed by atoms with E-state index in [9.17, 15) is 13.6 Å². The van der Waals surface area contributed by atoms with Crippen molar-refractivity contribution in [3.8, 4) is 5.75 Å². The van der Waals surface area contributed by atoms with Crippen molar-refractivity contribution < 1.29 is 18.7 Å². The third-order valence-corrected chi connectivity index (χ3v) is 1.50. The lowest BCUT2D eigenvalue weighted by Gasteiger charge is -2.06. The molecule has 0 aliphatic carbocycles. The first-order valence-electron chi connectivity index (χ1n) is 3.50. The van der Waals surface area contributed by atoms with Gasteiger partial charge in [-0.1, -0.05) is 0 Å². The van der Waals surface area contributed by atoms with Crippen LogP contribution >= 0.6 is 0 Å². The van der Waals surface area contributed by atoms with Crippen molar-refractivity contribution in [2.24, 2.45) is 5.73 Å². The molecule has 0 unspecified atom stereocenters. The molecule has 1 rings (SSSR count). The number of carbonyl (C=O) groups is 1. The molecule has 5 N–H and O–H groups in total. The molecule has 0 aromatic carbocycles. The lowest BCUT2D eigenvalue weighted by molar-refractivity contribution is 0.0994. The molecule has 7 heteroatoms. The molecular formula is C7H7F2N3O2. The Labute approximate surface area is 77.3 Å². The van der Waals surface area contributed by atoms with Gasteiger partial charge in [-0.15, -0.1) is 0 Å². The van der Waals surface area contributed by atoms with E-state index in [4.69, 9.17) is 16.6 Å². The number of anilines is 1. The van der Waals surface area contributed by atoms with Crippen LogP contribution in [-0.2, 0) is 0 Å². The van der Waals surface area contributed by atoms with Gasteiger partial charge in [0.15, 0.2) is 5.69 Å². The molecule has 0 bridgehead atoms. The van der Waals surface area contributed by atoms with Gasteiger partial charge < -0.3 is 16.6 Å². The zero-order chi connectivity index (χ0) is 10.9. The van der Waals surface area contributed by atoms with Crippen molar-refractivity contribution in [2.75, 3.05) is 5.73 Å². The highest BCUT2D eigenvalue weighted by molar-refractivity contribution is 5.96. The minimum Gasteiger partial charge on any atom is -0.506 e. The van der Waals surface area contributed by atoms with Crippen molar-refractivity contribution in [1.82, 2.24) is 4.98 Å². The number of hydrogen-bond donors (Lipinski definition) is 3. The summed E-state index contributed by atoms with van der Waals surface area (Å²) in [5, 5.41) is 8.99.